The maximum absolute atomic E-state index is 11.7. The topological polar surface area (TPSA) is 47.9 Å². The molecule has 1 aromatic carbocycles. The summed E-state index contributed by atoms with van der Waals surface area (Å²) in [6, 6.07) is 7.22. The van der Waals surface area contributed by atoms with Crippen LogP contribution in [-0.4, -0.2) is 25.0 Å². The zero-order valence-electron chi connectivity index (χ0n) is 9.92. The first-order valence-corrected chi connectivity index (χ1v) is 5.63. The van der Waals surface area contributed by atoms with Crippen molar-refractivity contribution in [3.05, 3.63) is 35.4 Å². The van der Waals surface area contributed by atoms with E-state index in [-0.39, 0.29) is 12.1 Å². The molecule has 2 atom stereocenters. The quantitative estimate of drug-likeness (QED) is 0.750. The van der Waals surface area contributed by atoms with Gasteiger partial charge in [0, 0.05) is 0 Å². The zero-order chi connectivity index (χ0) is 12.3. The lowest BCUT2D eigenvalue weighted by Gasteiger charge is -2.18. The number of ether oxygens (including phenoxy) is 2. The molecule has 0 bridgehead atoms. The summed E-state index contributed by atoms with van der Waals surface area (Å²) in [6.07, 6.45) is 0.967. The van der Waals surface area contributed by atoms with Gasteiger partial charge < -0.3 is 9.47 Å². The van der Waals surface area contributed by atoms with E-state index in [4.69, 9.17) is 9.47 Å². The Morgan fingerprint density at radius 3 is 2.94 bits per heavy atom. The molecule has 0 unspecified atom stereocenters. The second-order valence-electron chi connectivity index (χ2n) is 3.86. The summed E-state index contributed by atoms with van der Waals surface area (Å²) >= 11 is 0. The highest BCUT2D eigenvalue weighted by Crippen LogP contribution is 2.29. The van der Waals surface area contributed by atoms with Crippen LogP contribution in [0, 0.1) is 6.92 Å². The van der Waals surface area contributed by atoms with Gasteiger partial charge in [-0.3, -0.25) is 0 Å². The van der Waals surface area contributed by atoms with Gasteiger partial charge in [-0.05, 0) is 25.0 Å². The van der Waals surface area contributed by atoms with Crippen molar-refractivity contribution in [1.82, 2.24) is 0 Å². The van der Waals surface area contributed by atoms with Crippen LogP contribution in [0.2, 0.25) is 0 Å². The van der Waals surface area contributed by atoms with E-state index in [1.807, 2.05) is 31.2 Å². The first kappa shape index (κ1) is 11.6. The van der Waals surface area contributed by atoms with Crippen LogP contribution in [0.15, 0.2) is 29.3 Å². The molecule has 2 rings (SSSR count). The number of carbonyl (C=O) groups excluding carboxylic acids is 1. The van der Waals surface area contributed by atoms with E-state index in [2.05, 4.69) is 4.99 Å². The van der Waals surface area contributed by atoms with Crippen molar-refractivity contribution in [2.75, 3.05) is 6.61 Å². The molecule has 1 heterocycles. The first-order valence-electron chi connectivity index (χ1n) is 5.63. The number of rotatable bonds is 3. The van der Waals surface area contributed by atoms with Gasteiger partial charge >= 0.3 is 5.97 Å². The van der Waals surface area contributed by atoms with Gasteiger partial charge in [0.15, 0.2) is 18.5 Å². The Kier molecular flexibility index (Phi) is 3.42. The maximum atomic E-state index is 11.7. The molecule has 0 aliphatic carbocycles. The van der Waals surface area contributed by atoms with Gasteiger partial charge in [-0.2, -0.15) is 0 Å². The number of benzene rings is 1. The lowest BCUT2D eigenvalue weighted by Crippen LogP contribution is -2.26. The third kappa shape index (κ3) is 2.30. The molecule has 1 aromatic rings. The van der Waals surface area contributed by atoms with Crippen molar-refractivity contribution in [1.29, 1.82) is 0 Å². The smallest absolute Gasteiger partial charge is 0.335 e. The van der Waals surface area contributed by atoms with Crippen molar-refractivity contribution in [3.63, 3.8) is 0 Å². The summed E-state index contributed by atoms with van der Waals surface area (Å²) in [6.45, 7) is 4.12. The van der Waals surface area contributed by atoms with Gasteiger partial charge in [0.2, 0.25) is 0 Å². The fraction of sp³-hybridized carbons (Fsp3) is 0.385. The van der Waals surface area contributed by atoms with E-state index in [0.717, 1.165) is 11.1 Å². The first-order chi connectivity index (χ1) is 8.24. The molecule has 1 aliphatic rings. The average molecular weight is 233 g/mol. The molecule has 17 heavy (non-hydrogen) atoms. The molecule has 0 amide bonds. The number of esters is 1. The van der Waals surface area contributed by atoms with E-state index in [1.54, 1.807) is 6.92 Å². The second kappa shape index (κ2) is 4.99. The summed E-state index contributed by atoms with van der Waals surface area (Å²) < 4.78 is 10.4. The Balaban J connectivity index is 2.22. The van der Waals surface area contributed by atoms with Crippen LogP contribution < -0.4 is 0 Å². The van der Waals surface area contributed by atoms with E-state index in [0.29, 0.717) is 6.61 Å². The van der Waals surface area contributed by atoms with E-state index in [1.165, 1.54) is 6.40 Å². The van der Waals surface area contributed by atoms with Crippen molar-refractivity contribution in [2.45, 2.75) is 26.0 Å². The standard InChI is InChI=1S/C13H15NO3/c1-3-16-13(15)11-12(17-8-14-11)10-7-5-4-6-9(10)2/h4-8,11-12H,3H2,1-2H3/t11-,12+/m0/s1. The molecule has 4 nitrogen and oxygen atoms in total. The van der Waals surface area contributed by atoms with Gasteiger partial charge in [0.1, 0.15) is 0 Å². The summed E-state index contributed by atoms with van der Waals surface area (Å²) in [4.78, 5) is 15.8. The number of aryl methyl sites for hydroxylation is 1. The highest BCUT2D eigenvalue weighted by Gasteiger charge is 2.35. The molecule has 0 radical (unpaired) electrons. The van der Waals surface area contributed by atoms with Crippen LogP contribution in [0.4, 0.5) is 0 Å². The predicted molar refractivity (Wildman–Crippen MR) is 63.9 cm³/mol. The molecule has 0 saturated carbocycles. The SMILES string of the molecule is CCOC(=O)[C@H]1N=CO[C@@H]1c1ccccc1C. The summed E-state index contributed by atoms with van der Waals surface area (Å²) in [5.74, 6) is -0.338. The Morgan fingerprint density at radius 1 is 1.47 bits per heavy atom. The maximum Gasteiger partial charge on any atom is 0.335 e. The molecule has 90 valence electrons. The van der Waals surface area contributed by atoms with Crippen LogP contribution in [0.5, 0.6) is 0 Å². The largest absolute Gasteiger partial charge is 0.473 e. The number of carbonyl (C=O) groups is 1. The molecule has 0 saturated heterocycles. The molecule has 0 aromatic heterocycles. The van der Waals surface area contributed by atoms with Crippen molar-refractivity contribution in [3.8, 4) is 0 Å². The Morgan fingerprint density at radius 2 is 2.24 bits per heavy atom. The van der Waals surface area contributed by atoms with Crippen LogP contribution in [0.25, 0.3) is 0 Å². The number of hydrogen-bond donors (Lipinski definition) is 0. The van der Waals surface area contributed by atoms with Crippen molar-refractivity contribution >= 4 is 12.4 Å². The van der Waals surface area contributed by atoms with Crippen LogP contribution in [0.3, 0.4) is 0 Å². The highest BCUT2D eigenvalue weighted by molar-refractivity contribution is 5.80. The number of nitrogens with zero attached hydrogens (tertiary/aromatic N) is 1. The van der Waals surface area contributed by atoms with Crippen molar-refractivity contribution < 1.29 is 14.3 Å². The monoisotopic (exact) mass is 233 g/mol. The third-order valence-corrected chi connectivity index (χ3v) is 2.74. The van der Waals surface area contributed by atoms with E-state index < -0.39 is 6.04 Å². The summed E-state index contributed by atoms with van der Waals surface area (Å²) in [5.41, 5.74) is 2.06. The molecule has 0 spiro atoms. The predicted octanol–water partition coefficient (Wildman–Crippen LogP) is 2.03. The van der Waals surface area contributed by atoms with Gasteiger partial charge in [-0.15, -0.1) is 0 Å². The van der Waals surface area contributed by atoms with Crippen LogP contribution >= 0.6 is 0 Å². The summed E-state index contributed by atoms with van der Waals surface area (Å²) in [7, 11) is 0. The second-order valence-corrected chi connectivity index (χ2v) is 3.86. The van der Waals surface area contributed by atoms with E-state index >= 15 is 0 Å². The van der Waals surface area contributed by atoms with Crippen LogP contribution in [0.1, 0.15) is 24.2 Å². The van der Waals surface area contributed by atoms with Crippen molar-refractivity contribution in [2.24, 2.45) is 4.99 Å². The Hall–Kier alpha value is -1.84. The molecular weight excluding hydrogens is 218 g/mol. The third-order valence-electron chi connectivity index (χ3n) is 2.74. The molecule has 0 fully saturated rings. The molecule has 0 N–H and O–H groups in total. The van der Waals surface area contributed by atoms with Crippen LogP contribution in [-0.2, 0) is 14.3 Å². The van der Waals surface area contributed by atoms with Gasteiger partial charge in [0.05, 0.1) is 6.61 Å². The van der Waals surface area contributed by atoms with Gasteiger partial charge in [-0.25, -0.2) is 9.79 Å². The lowest BCUT2D eigenvalue weighted by atomic mass is 9.98. The Labute approximate surface area is 100 Å². The summed E-state index contributed by atoms with van der Waals surface area (Å²) in [5, 5.41) is 0. The average Bonchev–Trinajstić information content (AvgIpc) is 2.79. The van der Waals surface area contributed by atoms with E-state index in [9.17, 15) is 4.79 Å². The minimum absolute atomic E-state index is 0.338. The van der Waals surface area contributed by atoms with Gasteiger partial charge in [-0.1, -0.05) is 24.3 Å². The Bertz CT molecular complexity index is 442. The van der Waals surface area contributed by atoms with Gasteiger partial charge in [0.25, 0.3) is 0 Å². The zero-order valence-corrected chi connectivity index (χ0v) is 9.92. The number of aliphatic imine (C=N–C) groups is 1. The molecular formula is C13H15NO3. The normalized spacial score (nSPS) is 22.2. The minimum Gasteiger partial charge on any atom is -0.473 e. The molecule has 4 heteroatoms. The fourth-order valence-electron chi connectivity index (χ4n) is 1.88. The lowest BCUT2D eigenvalue weighted by molar-refractivity contribution is -0.146. The molecule has 1 aliphatic heterocycles. The highest BCUT2D eigenvalue weighted by atomic mass is 16.5. The fourth-order valence-corrected chi connectivity index (χ4v) is 1.88. The minimum atomic E-state index is -0.587. The number of hydrogen-bond acceptors (Lipinski definition) is 4.